The molecule has 1 fully saturated rings. The number of amides is 2. The van der Waals surface area contributed by atoms with Crippen molar-refractivity contribution >= 4 is 11.8 Å². The van der Waals surface area contributed by atoms with E-state index in [9.17, 15) is 9.59 Å². The number of aromatic nitrogens is 4. The molecule has 11 nitrogen and oxygen atoms in total. The SMILES string of the molecule is CCOCCCN(C(=O)Cn1nnc(-c2ccc(OC)cc2)n1)[C@H](C(=O)NC1CCCCC1)c1ccco1. The van der Waals surface area contributed by atoms with Gasteiger partial charge in [-0.15, -0.1) is 10.2 Å². The van der Waals surface area contributed by atoms with Gasteiger partial charge in [0.25, 0.3) is 5.91 Å². The van der Waals surface area contributed by atoms with Crippen LogP contribution in [0, 0.1) is 0 Å². The van der Waals surface area contributed by atoms with Gasteiger partial charge in [0.05, 0.1) is 13.4 Å². The summed E-state index contributed by atoms with van der Waals surface area (Å²) in [4.78, 5) is 30.0. The number of methoxy groups -OCH3 is 1. The molecule has 1 aliphatic carbocycles. The lowest BCUT2D eigenvalue weighted by Gasteiger charge is -2.32. The van der Waals surface area contributed by atoms with Crippen LogP contribution < -0.4 is 10.1 Å². The van der Waals surface area contributed by atoms with Crippen molar-refractivity contribution in [2.45, 2.75) is 64.1 Å². The molecule has 4 rings (SSSR count). The molecule has 1 aromatic carbocycles. The molecule has 2 heterocycles. The molecule has 0 aliphatic heterocycles. The molecule has 1 N–H and O–H groups in total. The lowest BCUT2D eigenvalue weighted by molar-refractivity contribution is -0.143. The Balaban J connectivity index is 1.53. The Kier molecular flexibility index (Phi) is 9.85. The molecule has 11 heteroatoms. The summed E-state index contributed by atoms with van der Waals surface area (Å²) in [6.45, 7) is 3.10. The van der Waals surface area contributed by atoms with Crippen LogP contribution in [0.5, 0.6) is 5.75 Å². The highest BCUT2D eigenvalue weighted by molar-refractivity contribution is 5.88. The summed E-state index contributed by atoms with van der Waals surface area (Å²) in [5.41, 5.74) is 0.749. The van der Waals surface area contributed by atoms with Crippen molar-refractivity contribution in [1.29, 1.82) is 0 Å². The largest absolute Gasteiger partial charge is 0.497 e. The highest BCUT2D eigenvalue weighted by Crippen LogP contribution is 2.25. The van der Waals surface area contributed by atoms with Crippen LogP contribution in [0.3, 0.4) is 0 Å². The summed E-state index contributed by atoms with van der Waals surface area (Å²) in [6.07, 6.45) is 7.30. The highest BCUT2D eigenvalue weighted by Gasteiger charge is 2.35. The number of benzene rings is 1. The Morgan fingerprint density at radius 1 is 1.18 bits per heavy atom. The molecule has 38 heavy (non-hydrogen) atoms. The van der Waals surface area contributed by atoms with Crippen LogP contribution in [-0.2, 0) is 20.9 Å². The van der Waals surface area contributed by atoms with Crippen LogP contribution in [0.25, 0.3) is 11.4 Å². The van der Waals surface area contributed by atoms with E-state index in [0.29, 0.717) is 37.8 Å². The minimum atomic E-state index is -0.911. The van der Waals surface area contributed by atoms with Crippen molar-refractivity contribution < 1.29 is 23.5 Å². The van der Waals surface area contributed by atoms with Crippen LogP contribution >= 0.6 is 0 Å². The quantitative estimate of drug-likeness (QED) is 0.338. The molecule has 2 amide bonds. The molecule has 0 radical (unpaired) electrons. The number of hydrogen-bond acceptors (Lipinski definition) is 8. The summed E-state index contributed by atoms with van der Waals surface area (Å²) < 4.78 is 16.3. The van der Waals surface area contributed by atoms with Crippen LogP contribution in [0.4, 0.5) is 0 Å². The van der Waals surface area contributed by atoms with Crippen LogP contribution in [0.15, 0.2) is 47.1 Å². The van der Waals surface area contributed by atoms with E-state index < -0.39 is 6.04 Å². The molecular formula is C27H36N6O5. The van der Waals surface area contributed by atoms with E-state index in [4.69, 9.17) is 13.9 Å². The van der Waals surface area contributed by atoms with Gasteiger partial charge < -0.3 is 24.1 Å². The van der Waals surface area contributed by atoms with Gasteiger partial charge in [-0.2, -0.15) is 4.80 Å². The van der Waals surface area contributed by atoms with E-state index in [0.717, 1.165) is 37.0 Å². The lowest BCUT2D eigenvalue weighted by Crippen LogP contribution is -2.48. The molecule has 3 aromatic rings. The van der Waals surface area contributed by atoms with Gasteiger partial charge in [-0.1, -0.05) is 19.3 Å². The Morgan fingerprint density at radius 2 is 1.97 bits per heavy atom. The molecular weight excluding hydrogens is 488 g/mol. The second kappa shape index (κ2) is 13.7. The van der Waals surface area contributed by atoms with Crippen molar-refractivity contribution in [3.8, 4) is 17.1 Å². The van der Waals surface area contributed by atoms with Crippen LogP contribution in [-0.4, -0.2) is 69.8 Å². The fourth-order valence-electron chi connectivity index (χ4n) is 4.65. The first-order valence-electron chi connectivity index (χ1n) is 13.2. The number of carbonyl (C=O) groups is 2. The number of hydrogen-bond donors (Lipinski definition) is 1. The first kappa shape index (κ1) is 27.3. The summed E-state index contributed by atoms with van der Waals surface area (Å²) in [5, 5.41) is 15.7. The van der Waals surface area contributed by atoms with Gasteiger partial charge in [0, 0.05) is 31.4 Å². The zero-order valence-electron chi connectivity index (χ0n) is 22.0. The normalized spacial score (nSPS) is 14.7. The van der Waals surface area contributed by atoms with Crippen molar-refractivity contribution in [2.24, 2.45) is 0 Å². The summed E-state index contributed by atoms with van der Waals surface area (Å²) >= 11 is 0. The van der Waals surface area contributed by atoms with E-state index >= 15 is 0 Å². The average Bonchev–Trinajstić information content (AvgIpc) is 3.64. The van der Waals surface area contributed by atoms with E-state index in [1.54, 1.807) is 31.4 Å². The third-order valence-electron chi connectivity index (χ3n) is 6.61. The maximum Gasteiger partial charge on any atom is 0.250 e. The average molecular weight is 525 g/mol. The number of carbonyl (C=O) groups excluding carboxylic acids is 2. The van der Waals surface area contributed by atoms with Gasteiger partial charge in [0.15, 0.2) is 6.04 Å². The fourth-order valence-corrected chi connectivity index (χ4v) is 4.65. The van der Waals surface area contributed by atoms with Gasteiger partial charge in [-0.05, 0) is 67.8 Å². The van der Waals surface area contributed by atoms with Crippen molar-refractivity contribution in [3.63, 3.8) is 0 Å². The van der Waals surface area contributed by atoms with E-state index in [1.807, 2.05) is 19.1 Å². The van der Waals surface area contributed by atoms with E-state index in [2.05, 4.69) is 20.7 Å². The number of nitrogens with one attached hydrogen (secondary N) is 1. The maximum atomic E-state index is 13.7. The predicted octanol–water partition coefficient (Wildman–Crippen LogP) is 3.39. The number of furan rings is 1. The maximum absolute atomic E-state index is 13.7. The second-order valence-corrected chi connectivity index (χ2v) is 9.27. The Bertz CT molecular complexity index is 1140. The van der Waals surface area contributed by atoms with Crippen LogP contribution in [0.1, 0.15) is 57.3 Å². The molecule has 2 aromatic heterocycles. The van der Waals surface area contributed by atoms with Gasteiger partial charge in [0.1, 0.15) is 18.1 Å². The first-order chi connectivity index (χ1) is 18.6. The lowest BCUT2D eigenvalue weighted by atomic mass is 9.95. The zero-order valence-corrected chi connectivity index (χ0v) is 22.0. The molecule has 0 saturated heterocycles. The number of rotatable bonds is 13. The smallest absolute Gasteiger partial charge is 0.250 e. The zero-order chi connectivity index (χ0) is 26.7. The third-order valence-corrected chi connectivity index (χ3v) is 6.61. The molecule has 1 saturated carbocycles. The van der Waals surface area contributed by atoms with Crippen molar-refractivity contribution in [3.05, 3.63) is 48.4 Å². The number of nitrogens with zero attached hydrogens (tertiary/aromatic N) is 5. The first-order valence-corrected chi connectivity index (χ1v) is 13.2. The topological polar surface area (TPSA) is 125 Å². The molecule has 204 valence electrons. The summed E-state index contributed by atoms with van der Waals surface area (Å²) in [7, 11) is 1.60. The molecule has 1 aliphatic rings. The minimum absolute atomic E-state index is 0.0955. The number of ether oxygens (including phenoxy) is 2. The van der Waals surface area contributed by atoms with Crippen LogP contribution in [0.2, 0.25) is 0 Å². The fraction of sp³-hybridized carbons (Fsp3) is 0.519. The highest BCUT2D eigenvalue weighted by atomic mass is 16.5. The van der Waals surface area contributed by atoms with Crippen molar-refractivity contribution in [2.75, 3.05) is 26.9 Å². The third kappa shape index (κ3) is 7.18. The monoisotopic (exact) mass is 524 g/mol. The van der Waals surface area contributed by atoms with Gasteiger partial charge >= 0.3 is 0 Å². The standard InChI is InChI=1S/C27H36N6O5/c1-3-37-17-8-16-32(25(23-11-7-18-38-23)27(35)28-21-9-5-4-6-10-21)24(34)19-33-30-26(29-31-33)20-12-14-22(36-2)15-13-20/h7,11-15,18,21,25H,3-6,8-10,16-17,19H2,1-2H3,(H,28,35)/t25-/m0/s1. The Hall–Kier alpha value is -3.73. The second-order valence-electron chi connectivity index (χ2n) is 9.27. The molecule has 0 spiro atoms. The Labute approximate surface area is 222 Å². The van der Waals surface area contributed by atoms with Gasteiger partial charge in [-0.25, -0.2) is 0 Å². The van der Waals surface area contributed by atoms with Gasteiger partial charge in [0.2, 0.25) is 11.7 Å². The predicted molar refractivity (Wildman–Crippen MR) is 139 cm³/mol. The molecule has 0 unspecified atom stereocenters. The molecule has 0 bridgehead atoms. The summed E-state index contributed by atoms with van der Waals surface area (Å²) in [6, 6.07) is 9.89. The molecule has 1 atom stereocenters. The number of tetrazole rings is 1. The Morgan fingerprint density at radius 3 is 2.66 bits per heavy atom. The van der Waals surface area contributed by atoms with E-state index in [1.165, 1.54) is 22.4 Å². The summed E-state index contributed by atoms with van der Waals surface area (Å²) in [5.74, 6) is 0.950. The van der Waals surface area contributed by atoms with Gasteiger partial charge in [-0.3, -0.25) is 9.59 Å². The minimum Gasteiger partial charge on any atom is -0.497 e. The van der Waals surface area contributed by atoms with E-state index in [-0.39, 0.29) is 24.4 Å². The van der Waals surface area contributed by atoms with Crippen molar-refractivity contribution in [1.82, 2.24) is 30.4 Å².